The predicted molar refractivity (Wildman–Crippen MR) is 73.7 cm³/mol. The van der Waals surface area contributed by atoms with E-state index in [0.717, 1.165) is 38.9 Å². The van der Waals surface area contributed by atoms with Crippen LogP contribution in [0.4, 0.5) is 0 Å². The minimum absolute atomic E-state index is 0. The molecule has 1 saturated carbocycles. The number of halogens is 1. The molecule has 0 bridgehead atoms. The Balaban J connectivity index is 0.00000162. The molecule has 2 rings (SSSR count). The maximum absolute atomic E-state index is 11.8. The fraction of sp³-hybridized carbons (Fsp3) is 0.923. The van der Waals surface area contributed by atoms with Crippen molar-refractivity contribution in [1.29, 1.82) is 0 Å². The van der Waals surface area contributed by atoms with Gasteiger partial charge in [0.1, 0.15) is 0 Å². The highest BCUT2D eigenvalue weighted by molar-refractivity contribution is 5.85. The summed E-state index contributed by atoms with van der Waals surface area (Å²) in [6.07, 6.45) is 6.18. The molecule has 0 spiro atoms. The molecule has 1 aliphatic heterocycles. The molecule has 0 aromatic carbocycles. The van der Waals surface area contributed by atoms with Crippen molar-refractivity contribution in [2.24, 2.45) is 17.6 Å². The Labute approximate surface area is 115 Å². The molecule has 0 radical (unpaired) electrons. The van der Waals surface area contributed by atoms with Crippen LogP contribution in [0.15, 0.2) is 0 Å². The Morgan fingerprint density at radius 1 is 1.33 bits per heavy atom. The van der Waals surface area contributed by atoms with Crippen molar-refractivity contribution in [2.75, 3.05) is 19.8 Å². The molecular formula is C13H25ClN2O2. The van der Waals surface area contributed by atoms with E-state index in [2.05, 4.69) is 5.32 Å². The largest absolute Gasteiger partial charge is 0.381 e. The second-order valence-electron chi connectivity index (χ2n) is 5.37. The van der Waals surface area contributed by atoms with Crippen LogP contribution in [0.5, 0.6) is 0 Å². The van der Waals surface area contributed by atoms with Crippen molar-refractivity contribution >= 4 is 18.3 Å². The van der Waals surface area contributed by atoms with E-state index >= 15 is 0 Å². The Morgan fingerprint density at radius 3 is 2.83 bits per heavy atom. The van der Waals surface area contributed by atoms with Crippen molar-refractivity contribution in [2.45, 2.75) is 44.6 Å². The van der Waals surface area contributed by atoms with E-state index in [9.17, 15) is 4.79 Å². The number of carbonyl (C=O) groups excluding carboxylic acids is 1. The first kappa shape index (κ1) is 15.7. The van der Waals surface area contributed by atoms with Crippen LogP contribution in [0.3, 0.4) is 0 Å². The molecule has 3 unspecified atom stereocenters. The number of carbonyl (C=O) groups is 1. The minimum Gasteiger partial charge on any atom is -0.381 e. The number of hydrogen-bond donors (Lipinski definition) is 2. The van der Waals surface area contributed by atoms with Crippen LogP contribution in [-0.2, 0) is 9.53 Å². The quantitative estimate of drug-likeness (QED) is 0.799. The van der Waals surface area contributed by atoms with E-state index in [4.69, 9.17) is 10.5 Å². The molecule has 1 amide bonds. The van der Waals surface area contributed by atoms with Crippen molar-refractivity contribution in [3.8, 4) is 0 Å². The van der Waals surface area contributed by atoms with Crippen LogP contribution in [0, 0.1) is 11.8 Å². The Bertz CT molecular complexity index is 257. The van der Waals surface area contributed by atoms with Gasteiger partial charge < -0.3 is 15.8 Å². The third-order valence-corrected chi connectivity index (χ3v) is 4.11. The first-order chi connectivity index (χ1) is 8.29. The zero-order chi connectivity index (χ0) is 12.1. The molecule has 3 atom stereocenters. The zero-order valence-electron chi connectivity index (χ0n) is 10.9. The van der Waals surface area contributed by atoms with Gasteiger partial charge in [-0.25, -0.2) is 0 Å². The van der Waals surface area contributed by atoms with E-state index < -0.39 is 0 Å². The lowest BCUT2D eigenvalue weighted by atomic mass is 10.0. The fourth-order valence-electron chi connectivity index (χ4n) is 2.93. The van der Waals surface area contributed by atoms with Gasteiger partial charge in [0.15, 0.2) is 0 Å². The van der Waals surface area contributed by atoms with E-state index in [1.165, 1.54) is 6.42 Å². The van der Waals surface area contributed by atoms with Gasteiger partial charge in [-0.1, -0.05) is 6.42 Å². The summed E-state index contributed by atoms with van der Waals surface area (Å²) >= 11 is 0. The Hall–Kier alpha value is -0.320. The summed E-state index contributed by atoms with van der Waals surface area (Å²) in [5.74, 6) is 1.28. The van der Waals surface area contributed by atoms with Crippen molar-refractivity contribution in [1.82, 2.24) is 5.32 Å². The Morgan fingerprint density at radius 2 is 2.17 bits per heavy atom. The Kier molecular flexibility index (Phi) is 6.97. The van der Waals surface area contributed by atoms with Crippen LogP contribution < -0.4 is 11.1 Å². The van der Waals surface area contributed by atoms with E-state index in [1.54, 1.807) is 0 Å². The maximum Gasteiger partial charge on any atom is 0.220 e. The van der Waals surface area contributed by atoms with Crippen molar-refractivity contribution < 1.29 is 9.53 Å². The fourth-order valence-corrected chi connectivity index (χ4v) is 2.93. The summed E-state index contributed by atoms with van der Waals surface area (Å²) in [5, 5.41) is 3.14. The molecule has 2 aliphatic rings. The van der Waals surface area contributed by atoms with Crippen molar-refractivity contribution in [3.05, 3.63) is 0 Å². The molecule has 1 heterocycles. The van der Waals surface area contributed by atoms with Crippen LogP contribution in [0.2, 0.25) is 0 Å². The normalized spacial score (nSPS) is 31.1. The number of nitrogens with two attached hydrogens (primary N) is 1. The summed E-state index contributed by atoms with van der Waals surface area (Å²) < 4.78 is 5.31. The van der Waals surface area contributed by atoms with Gasteiger partial charge in [0.05, 0.1) is 0 Å². The van der Waals surface area contributed by atoms with E-state index in [-0.39, 0.29) is 18.3 Å². The zero-order valence-corrected chi connectivity index (χ0v) is 11.7. The highest BCUT2D eigenvalue weighted by Crippen LogP contribution is 2.25. The van der Waals surface area contributed by atoms with Crippen molar-refractivity contribution in [3.63, 3.8) is 0 Å². The lowest BCUT2D eigenvalue weighted by Crippen LogP contribution is -2.39. The number of nitrogens with one attached hydrogen (secondary N) is 1. The monoisotopic (exact) mass is 276 g/mol. The molecule has 18 heavy (non-hydrogen) atoms. The average Bonchev–Trinajstić information content (AvgIpc) is 2.97. The molecule has 2 fully saturated rings. The standard InChI is InChI=1S/C13H24N2O2.ClH/c14-8-11-2-1-3-12(11)15-13(16)5-4-10-6-7-17-9-10;/h10-12H,1-9,14H2,(H,15,16);1H. The maximum atomic E-state index is 11.8. The third kappa shape index (κ3) is 4.41. The first-order valence-corrected chi connectivity index (χ1v) is 6.86. The van der Waals surface area contributed by atoms with Gasteiger partial charge in [-0.05, 0) is 44.1 Å². The summed E-state index contributed by atoms with van der Waals surface area (Å²) in [6, 6.07) is 0.326. The molecule has 4 nitrogen and oxygen atoms in total. The molecule has 1 saturated heterocycles. The topological polar surface area (TPSA) is 64.3 Å². The summed E-state index contributed by atoms with van der Waals surface area (Å²) in [5.41, 5.74) is 5.71. The summed E-state index contributed by atoms with van der Waals surface area (Å²) in [6.45, 7) is 2.40. The molecule has 106 valence electrons. The molecule has 0 aromatic rings. The highest BCUT2D eigenvalue weighted by Gasteiger charge is 2.27. The van der Waals surface area contributed by atoms with Gasteiger partial charge in [0, 0.05) is 25.7 Å². The summed E-state index contributed by atoms with van der Waals surface area (Å²) in [4.78, 5) is 11.8. The molecule has 3 N–H and O–H groups in total. The average molecular weight is 277 g/mol. The lowest BCUT2D eigenvalue weighted by Gasteiger charge is -2.19. The van der Waals surface area contributed by atoms with Gasteiger partial charge in [-0.2, -0.15) is 0 Å². The summed E-state index contributed by atoms with van der Waals surface area (Å²) in [7, 11) is 0. The van der Waals surface area contributed by atoms with Crippen LogP contribution in [0.1, 0.15) is 38.5 Å². The number of amides is 1. The molecule has 0 aromatic heterocycles. The van der Waals surface area contributed by atoms with Gasteiger partial charge in [-0.3, -0.25) is 4.79 Å². The smallest absolute Gasteiger partial charge is 0.220 e. The molecule has 1 aliphatic carbocycles. The van der Waals surface area contributed by atoms with Crippen LogP contribution in [0.25, 0.3) is 0 Å². The second-order valence-corrected chi connectivity index (χ2v) is 5.37. The SMILES string of the molecule is Cl.NCC1CCCC1NC(=O)CCC1CCOC1. The first-order valence-electron chi connectivity index (χ1n) is 6.86. The minimum atomic E-state index is 0. The number of ether oxygens (including phenoxy) is 1. The third-order valence-electron chi connectivity index (χ3n) is 4.11. The van der Waals surface area contributed by atoms with E-state index in [1.807, 2.05) is 0 Å². The van der Waals surface area contributed by atoms with Gasteiger partial charge in [-0.15, -0.1) is 12.4 Å². The number of rotatable bonds is 5. The van der Waals surface area contributed by atoms with Gasteiger partial charge in [0.25, 0.3) is 0 Å². The predicted octanol–water partition coefficient (Wildman–Crippen LogP) is 1.47. The van der Waals surface area contributed by atoms with E-state index in [0.29, 0.717) is 30.8 Å². The molecule has 5 heteroatoms. The lowest BCUT2D eigenvalue weighted by molar-refractivity contribution is -0.122. The van der Waals surface area contributed by atoms with Crippen LogP contribution >= 0.6 is 12.4 Å². The van der Waals surface area contributed by atoms with Crippen LogP contribution in [-0.4, -0.2) is 31.7 Å². The van der Waals surface area contributed by atoms with Gasteiger partial charge in [0.2, 0.25) is 5.91 Å². The highest BCUT2D eigenvalue weighted by atomic mass is 35.5. The number of hydrogen-bond acceptors (Lipinski definition) is 3. The second kappa shape index (κ2) is 7.97. The molecular weight excluding hydrogens is 252 g/mol. The van der Waals surface area contributed by atoms with Gasteiger partial charge >= 0.3 is 0 Å².